The average molecular weight is 263 g/mol. The molecule has 1 aliphatic carbocycles. The van der Waals surface area contributed by atoms with Crippen LogP contribution in [-0.4, -0.2) is 30.1 Å². The van der Waals surface area contributed by atoms with E-state index < -0.39 is 0 Å². The molecule has 2 N–H and O–H groups in total. The van der Waals surface area contributed by atoms with E-state index in [1.807, 2.05) is 12.1 Å². The van der Waals surface area contributed by atoms with E-state index in [-0.39, 0.29) is 5.91 Å². The maximum Gasteiger partial charge on any atom is 0.223 e. The number of carbonyl (C=O) groups is 1. The number of nitrogens with zero attached hydrogens (tertiary/aromatic N) is 1. The lowest BCUT2D eigenvalue weighted by Crippen LogP contribution is -2.26. The van der Waals surface area contributed by atoms with Gasteiger partial charge in [-0.05, 0) is 31.5 Å². The molecule has 0 unspecified atom stereocenters. The van der Waals surface area contributed by atoms with Crippen molar-refractivity contribution in [2.24, 2.45) is 0 Å². The van der Waals surface area contributed by atoms with E-state index in [9.17, 15) is 4.79 Å². The first kappa shape index (κ1) is 13.8. The molecule has 0 spiro atoms. The van der Waals surface area contributed by atoms with Crippen LogP contribution in [0.5, 0.6) is 5.75 Å². The smallest absolute Gasteiger partial charge is 0.223 e. The lowest BCUT2D eigenvalue weighted by atomic mass is 10.3. The van der Waals surface area contributed by atoms with Crippen LogP contribution < -0.4 is 15.4 Å². The Hall–Kier alpha value is -1.62. The molecule has 0 saturated heterocycles. The lowest BCUT2D eigenvalue weighted by molar-refractivity contribution is -0.121. The molecule has 1 aliphatic rings. The fourth-order valence-corrected chi connectivity index (χ4v) is 1.64. The number of aromatic nitrogens is 1. The van der Waals surface area contributed by atoms with E-state index in [2.05, 4.69) is 22.5 Å². The number of ether oxygens (including phenoxy) is 1. The van der Waals surface area contributed by atoms with Gasteiger partial charge < -0.3 is 15.4 Å². The topological polar surface area (TPSA) is 63.2 Å². The van der Waals surface area contributed by atoms with Gasteiger partial charge in [0.2, 0.25) is 5.91 Å². The Labute approximate surface area is 113 Å². The predicted molar refractivity (Wildman–Crippen MR) is 72.9 cm³/mol. The fourth-order valence-electron chi connectivity index (χ4n) is 1.64. The lowest BCUT2D eigenvalue weighted by Gasteiger charge is -2.07. The number of pyridine rings is 1. The van der Waals surface area contributed by atoms with Gasteiger partial charge in [0, 0.05) is 12.6 Å². The summed E-state index contributed by atoms with van der Waals surface area (Å²) in [6.07, 6.45) is 4.33. The highest BCUT2D eigenvalue weighted by molar-refractivity contribution is 5.76. The Bertz CT molecular complexity index is 402. The van der Waals surface area contributed by atoms with Gasteiger partial charge in [-0.2, -0.15) is 0 Å². The zero-order chi connectivity index (χ0) is 13.5. The molecule has 0 atom stereocenters. The second-order valence-electron chi connectivity index (χ2n) is 4.71. The SMILES string of the molecule is CCNCc1ccc(OCCC(=O)NC2CC2)cn1. The van der Waals surface area contributed by atoms with Gasteiger partial charge in [0.25, 0.3) is 0 Å². The number of carbonyl (C=O) groups excluding carboxylic acids is 1. The fraction of sp³-hybridized carbons (Fsp3) is 0.571. The zero-order valence-corrected chi connectivity index (χ0v) is 11.3. The second-order valence-corrected chi connectivity index (χ2v) is 4.71. The highest BCUT2D eigenvalue weighted by atomic mass is 16.5. The summed E-state index contributed by atoms with van der Waals surface area (Å²) in [7, 11) is 0. The molecule has 1 aromatic rings. The largest absolute Gasteiger partial charge is 0.491 e. The van der Waals surface area contributed by atoms with Crippen LogP contribution in [0.3, 0.4) is 0 Å². The maximum absolute atomic E-state index is 11.4. The van der Waals surface area contributed by atoms with Crippen LogP contribution in [0.4, 0.5) is 0 Å². The minimum atomic E-state index is 0.0687. The summed E-state index contributed by atoms with van der Waals surface area (Å²) in [5.74, 6) is 0.777. The van der Waals surface area contributed by atoms with Crippen LogP contribution >= 0.6 is 0 Å². The molecular weight excluding hydrogens is 242 g/mol. The van der Waals surface area contributed by atoms with Crippen molar-refractivity contribution in [3.63, 3.8) is 0 Å². The van der Waals surface area contributed by atoms with Gasteiger partial charge in [-0.3, -0.25) is 9.78 Å². The van der Waals surface area contributed by atoms with Crippen molar-refractivity contribution < 1.29 is 9.53 Å². The molecule has 1 aromatic heterocycles. The third-order valence-electron chi connectivity index (χ3n) is 2.89. The summed E-state index contributed by atoms with van der Waals surface area (Å²) in [4.78, 5) is 15.7. The minimum Gasteiger partial charge on any atom is -0.491 e. The molecule has 1 amide bonds. The summed E-state index contributed by atoms with van der Waals surface area (Å²) < 4.78 is 5.49. The van der Waals surface area contributed by atoms with E-state index >= 15 is 0 Å². The standard InChI is InChI=1S/C14H21N3O2/c1-2-15-9-12-5-6-13(10-16-12)19-8-7-14(18)17-11-3-4-11/h5-6,10-11,15H,2-4,7-9H2,1H3,(H,17,18). The molecule has 1 fully saturated rings. The van der Waals surface area contributed by atoms with E-state index in [0.717, 1.165) is 31.6 Å². The van der Waals surface area contributed by atoms with Gasteiger partial charge >= 0.3 is 0 Å². The van der Waals surface area contributed by atoms with Crippen molar-refractivity contribution in [1.29, 1.82) is 0 Å². The van der Waals surface area contributed by atoms with Gasteiger partial charge in [-0.1, -0.05) is 6.92 Å². The van der Waals surface area contributed by atoms with Crippen molar-refractivity contribution in [2.75, 3.05) is 13.2 Å². The molecule has 5 nitrogen and oxygen atoms in total. The first-order valence-electron chi connectivity index (χ1n) is 6.85. The third kappa shape index (κ3) is 5.26. The zero-order valence-electron chi connectivity index (χ0n) is 11.3. The minimum absolute atomic E-state index is 0.0687. The van der Waals surface area contributed by atoms with Crippen LogP contribution in [0, 0.1) is 0 Å². The van der Waals surface area contributed by atoms with Gasteiger partial charge in [-0.15, -0.1) is 0 Å². The normalized spacial score (nSPS) is 14.2. The van der Waals surface area contributed by atoms with Gasteiger partial charge in [0.1, 0.15) is 5.75 Å². The molecule has 0 aliphatic heterocycles. The van der Waals surface area contributed by atoms with Crippen LogP contribution in [0.25, 0.3) is 0 Å². The van der Waals surface area contributed by atoms with Crippen molar-refractivity contribution in [3.8, 4) is 5.75 Å². The van der Waals surface area contributed by atoms with Crippen molar-refractivity contribution in [3.05, 3.63) is 24.0 Å². The molecule has 0 aromatic carbocycles. The maximum atomic E-state index is 11.4. The number of hydrogen-bond donors (Lipinski definition) is 2. The van der Waals surface area contributed by atoms with E-state index in [0.29, 0.717) is 24.8 Å². The molecule has 0 bridgehead atoms. The summed E-state index contributed by atoms with van der Waals surface area (Å²) in [5.41, 5.74) is 0.987. The Morgan fingerprint density at radius 1 is 1.47 bits per heavy atom. The molecule has 1 heterocycles. The second kappa shape index (κ2) is 7.09. The van der Waals surface area contributed by atoms with Crippen LogP contribution in [-0.2, 0) is 11.3 Å². The first-order chi connectivity index (χ1) is 9.28. The number of amides is 1. The summed E-state index contributed by atoms with van der Waals surface area (Å²) in [6, 6.07) is 4.24. The van der Waals surface area contributed by atoms with Crippen LogP contribution in [0.2, 0.25) is 0 Å². The van der Waals surface area contributed by atoms with Crippen molar-refractivity contribution in [1.82, 2.24) is 15.6 Å². The predicted octanol–water partition coefficient (Wildman–Crippen LogP) is 1.24. The average Bonchev–Trinajstić information content (AvgIpc) is 3.22. The number of hydrogen-bond acceptors (Lipinski definition) is 4. The Kier molecular flexibility index (Phi) is 5.15. The summed E-state index contributed by atoms with van der Waals surface area (Å²) in [5, 5.41) is 6.14. The quantitative estimate of drug-likeness (QED) is 0.740. The molecular formula is C14H21N3O2. The van der Waals surface area contributed by atoms with Crippen LogP contribution in [0.15, 0.2) is 18.3 Å². The molecule has 19 heavy (non-hydrogen) atoms. The van der Waals surface area contributed by atoms with E-state index in [1.165, 1.54) is 0 Å². The van der Waals surface area contributed by atoms with Crippen molar-refractivity contribution >= 4 is 5.91 Å². The number of nitrogens with one attached hydrogen (secondary N) is 2. The Balaban J connectivity index is 1.65. The van der Waals surface area contributed by atoms with Gasteiger partial charge in [0.15, 0.2) is 0 Å². The first-order valence-corrected chi connectivity index (χ1v) is 6.85. The summed E-state index contributed by atoms with van der Waals surface area (Å²) in [6.45, 7) is 4.15. The Morgan fingerprint density at radius 2 is 2.32 bits per heavy atom. The van der Waals surface area contributed by atoms with Crippen LogP contribution in [0.1, 0.15) is 31.9 Å². The highest BCUT2D eigenvalue weighted by Gasteiger charge is 2.22. The van der Waals surface area contributed by atoms with E-state index in [1.54, 1.807) is 6.20 Å². The monoisotopic (exact) mass is 263 g/mol. The van der Waals surface area contributed by atoms with Crippen molar-refractivity contribution in [2.45, 2.75) is 38.8 Å². The van der Waals surface area contributed by atoms with Gasteiger partial charge in [0.05, 0.1) is 24.9 Å². The summed E-state index contributed by atoms with van der Waals surface area (Å²) >= 11 is 0. The van der Waals surface area contributed by atoms with Gasteiger partial charge in [-0.25, -0.2) is 0 Å². The molecule has 0 radical (unpaired) electrons. The highest BCUT2D eigenvalue weighted by Crippen LogP contribution is 2.18. The third-order valence-corrected chi connectivity index (χ3v) is 2.89. The molecule has 2 rings (SSSR count). The van der Waals surface area contributed by atoms with E-state index in [4.69, 9.17) is 4.74 Å². The molecule has 104 valence electrons. The Morgan fingerprint density at radius 3 is 2.95 bits per heavy atom. The number of rotatable bonds is 8. The molecule has 1 saturated carbocycles. The molecule has 5 heteroatoms.